The Bertz CT molecular complexity index is 390. The summed E-state index contributed by atoms with van der Waals surface area (Å²) in [5, 5.41) is 0. The first-order chi connectivity index (χ1) is 15.3. The normalized spacial score (nSPS) is 17.6. The summed E-state index contributed by atoms with van der Waals surface area (Å²) in [6.45, 7) is 15.8. The lowest BCUT2D eigenvalue weighted by Crippen LogP contribution is -2.49. The van der Waals surface area contributed by atoms with Crippen LogP contribution in [0.2, 0.25) is 6.04 Å². The van der Waals surface area contributed by atoms with Gasteiger partial charge in [-0.15, -0.1) is 0 Å². The summed E-state index contributed by atoms with van der Waals surface area (Å²) in [5.74, 6) is 0. The molecule has 4 atom stereocenters. The number of hydrogen-bond donors (Lipinski definition) is 2. The van der Waals surface area contributed by atoms with E-state index in [1.807, 2.05) is 27.7 Å². The molecule has 194 valence electrons. The van der Waals surface area contributed by atoms with Gasteiger partial charge in [-0.05, 0) is 53.5 Å². The summed E-state index contributed by atoms with van der Waals surface area (Å²) in [7, 11) is -3.42. The smallest absolute Gasteiger partial charge is 0.390 e. The lowest BCUT2D eigenvalue weighted by molar-refractivity contribution is -0.0656. The minimum atomic E-state index is -3.42. The molecule has 0 aromatic rings. The van der Waals surface area contributed by atoms with Crippen molar-refractivity contribution in [3.8, 4) is 0 Å². The molecule has 0 radical (unpaired) electrons. The van der Waals surface area contributed by atoms with Gasteiger partial charge < -0.3 is 38.3 Å². The van der Waals surface area contributed by atoms with Crippen LogP contribution in [0.5, 0.6) is 0 Å². The van der Waals surface area contributed by atoms with Gasteiger partial charge in [-0.3, -0.25) is 0 Å². The maximum atomic E-state index is 11.1. The van der Waals surface area contributed by atoms with Gasteiger partial charge in [-0.25, -0.2) is 0 Å². The number of rotatable bonds is 23. The highest BCUT2D eigenvalue weighted by molar-refractivity contribution is 6.59. The van der Waals surface area contributed by atoms with Crippen molar-refractivity contribution in [1.82, 2.24) is 0 Å². The quantitative estimate of drug-likeness (QED) is 0.169. The largest absolute Gasteiger partial charge is 0.498 e. The van der Waals surface area contributed by atoms with Gasteiger partial charge >= 0.3 is 8.80 Å². The zero-order valence-corrected chi connectivity index (χ0v) is 22.5. The Balaban J connectivity index is 4.40. The summed E-state index contributed by atoms with van der Waals surface area (Å²) in [6, 6.07) is 0.406. The summed E-state index contributed by atoms with van der Waals surface area (Å²) >= 11 is 0. The van der Waals surface area contributed by atoms with Crippen LogP contribution in [0.25, 0.3) is 0 Å². The van der Waals surface area contributed by atoms with E-state index in [-0.39, 0.29) is 24.4 Å². The molecule has 4 unspecified atom stereocenters. The Labute approximate surface area is 197 Å². The predicted octanol–water partition coefficient (Wildman–Crippen LogP) is 3.52. The molecule has 0 bridgehead atoms. The van der Waals surface area contributed by atoms with Crippen LogP contribution >= 0.6 is 0 Å². The highest BCUT2D eigenvalue weighted by Crippen LogP contribution is 2.18. The summed E-state index contributed by atoms with van der Waals surface area (Å²) in [4.78, 5) is 11.1. The van der Waals surface area contributed by atoms with Crippen LogP contribution in [-0.4, -0.2) is 84.2 Å². The van der Waals surface area contributed by atoms with Crippen molar-refractivity contribution < 1.29 is 32.6 Å². The van der Waals surface area contributed by atoms with E-state index in [1.165, 1.54) is 0 Å². The zero-order chi connectivity index (χ0) is 24.2. The third-order valence-corrected chi connectivity index (χ3v) is 7.21. The summed E-state index contributed by atoms with van der Waals surface area (Å²) in [5.41, 5.74) is 5.65. The number of hydrogen-bond acceptors (Lipinski definition) is 8. The lowest BCUT2D eigenvalue weighted by Gasteiger charge is -2.31. The molecule has 0 amide bonds. The Morgan fingerprint density at radius 1 is 0.688 bits per heavy atom. The molecular weight excluding hydrogens is 430 g/mol. The van der Waals surface area contributed by atoms with Crippen molar-refractivity contribution in [2.75, 3.05) is 46.2 Å². The SMILES string of the molecule is CCCCOCC(C)OCC(C)O[Si](O)(CCCN)OC(C)COC(C)COCCCC. The fraction of sp³-hybridized carbons (Fsp3) is 1.00. The standard InChI is InChI=1S/C23H51NO7Si/c1-7-9-13-26-16-20(3)28-18-22(5)30-32(25,15-11-12-24)31-23(6)19-29-21(4)17-27-14-10-8-2/h20-23,25H,7-19,24H2,1-6H3. The van der Waals surface area contributed by atoms with Crippen LogP contribution in [0.15, 0.2) is 0 Å². The molecule has 0 fully saturated rings. The molecule has 0 heterocycles. The van der Waals surface area contributed by atoms with Crippen LogP contribution in [0, 0.1) is 0 Å². The van der Waals surface area contributed by atoms with Crippen molar-refractivity contribution in [1.29, 1.82) is 0 Å². The Kier molecular flexibility index (Phi) is 20.2. The van der Waals surface area contributed by atoms with Crippen LogP contribution in [0.1, 0.15) is 73.6 Å². The maximum Gasteiger partial charge on any atom is 0.498 e. The van der Waals surface area contributed by atoms with Gasteiger partial charge in [0.25, 0.3) is 0 Å². The van der Waals surface area contributed by atoms with Gasteiger partial charge in [-0.1, -0.05) is 26.7 Å². The first-order valence-corrected chi connectivity index (χ1v) is 14.4. The van der Waals surface area contributed by atoms with E-state index in [0.717, 1.165) is 38.9 Å². The second-order valence-electron chi connectivity index (χ2n) is 8.61. The van der Waals surface area contributed by atoms with Gasteiger partial charge in [-0.2, -0.15) is 0 Å². The topological polar surface area (TPSA) is 102 Å². The minimum absolute atomic E-state index is 0.0361. The molecule has 0 saturated carbocycles. The molecule has 0 aliphatic heterocycles. The minimum Gasteiger partial charge on any atom is -0.390 e. The molecule has 0 spiro atoms. The molecule has 0 aliphatic carbocycles. The van der Waals surface area contributed by atoms with Crippen molar-refractivity contribution in [2.24, 2.45) is 5.73 Å². The third kappa shape index (κ3) is 18.3. The van der Waals surface area contributed by atoms with Crippen LogP contribution < -0.4 is 5.73 Å². The molecule has 8 nitrogen and oxygen atoms in total. The van der Waals surface area contributed by atoms with Crippen molar-refractivity contribution >= 4 is 8.80 Å². The number of nitrogens with two attached hydrogens (primary N) is 1. The van der Waals surface area contributed by atoms with E-state index in [9.17, 15) is 4.80 Å². The molecule has 3 N–H and O–H groups in total. The van der Waals surface area contributed by atoms with Gasteiger partial charge in [0, 0.05) is 19.3 Å². The van der Waals surface area contributed by atoms with E-state index < -0.39 is 8.80 Å². The summed E-state index contributed by atoms with van der Waals surface area (Å²) < 4.78 is 34.8. The average molecular weight is 482 g/mol. The number of unbranched alkanes of at least 4 members (excludes halogenated alkanes) is 2. The second kappa shape index (κ2) is 20.3. The van der Waals surface area contributed by atoms with E-state index in [2.05, 4.69) is 13.8 Å². The molecular formula is C23H51NO7Si. The molecule has 32 heavy (non-hydrogen) atoms. The monoisotopic (exact) mass is 481 g/mol. The van der Waals surface area contributed by atoms with Gasteiger partial charge in [0.15, 0.2) is 0 Å². The maximum absolute atomic E-state index is 11.1. The second-order valence-corrected chi connectivity index (χ2v) is 11.0. The molecule has 0 saturated heterocycles. The first-order valence-electron chi connectivity index (χ1n) is 12.4. The van der Waals surface area contributed by atoms with E-state index in [1.54, 1.807) is 0 Å². The van der Waals surface area contributed by atoms with E-state index in [0.29, 0.717) is 45.4 Å². The van der Waals surface area contributed by atoms with Crippen molar-refractivity contribution in [2.45, 2.75) is 104 Å². The van der Waals surface area contributed by atoms with Gasteiger partial charge in [0.1, 0.15) is 0 Å². The highest BCUT2D eigenvalue weighted by Gasteiger charge is 2.40. The van der Waals surface area contributed by atoms with Crippen LogP contribution in [0.3, 0.4) is 0 Å². The summed E-state index contributed by atoms with van der Waals surface area (Å²) in [6.07, 6.45) is 4.28. The van der Waals surface area contributed by atoms with Crippen molar-refractivity contribution in [3.63, 3.8) is 0 Å². The molecule has 9 heteroatoms. The Morgan fingerprint density at radius 2 is 1.12 bits per heavy atom. The Morgan fingerprint density at radius 3 is 1.50 bits per heavy atom. The molecule has 0 aromatic heterocycles. The third-order valence-electron chi connectivity index (χ3n) is 4.69. The van der Waals surface area contributed by atoms with Crippen molar-refractivity contribution in [3.05, 3.63) is 0 Å². The predicted molar refractivity (Wildman–Crippen MR) is 130 cm³/mol. The van der Waals surface area contributed by atoms with Crippen LogP contribution in [-0.2, 0) is 27.8 Å². The lowest BCUT2D eigenvalue weighted by atomic mass is 10.3. The van der Waals surface area contributed by atoms with E-state index in [4.69, 9.17) is 33.5 Å². The molecule has 0 aromatic carbocycles. The van der Waals surface area contributed by atoms with Crippen LogP contribution in [0.4, 0.5) is 0 Å². The Hall–Kier alpha value is -0.103. The first kappa shape index (κ1) is 31.9. The fourth-order valence-corrected chi connectivity index (χ4v) is 5.19. The average Bonchev–Trinajstić information content (AvgIpc) is 2.75. The highest BCUT2D eigenvalue weighted by atomic mass is 28.4. The molecule has 0 aliphatic rings. The van der Waals surface area contributed by atoms with E-state index >= 15 is 0 Å². The fourth-order valence-electron chi connectivity index (χ4n) is 2.86. The van der Waals surface area contributed by atoms with Gasteiger partial charge in [0.2, 0.25) is 0 Å². The zero-order valence-electron chi connectivity index (χ0n) is 21.5. The number of ether oxygens (including phenoxy) is 4. The van der Waals surface area contributed by atoms with Gasteiger partial charge in [0.05, 0.1) is 50.8 Å². The molecule has 0 rings (SSSR count).